The minimum absolute atomic E-state index is 0.0212. The number of carbonyl (C=O) groups is 1. The Morgan fingerprint density at radius 3 is 2.89 bits per heavy atom. The quantitative estimate of drug-likeness (QED) is 0.668. The molecule has 2 rings (SSSR count). The van der Waals surface area contributed by atoms with Gasteiger partial charge in [-0.25, -0.2) is 9.78 Å². The molecule has 0 aliphatic rings. The molecule has 0 bridgehead atoms. The number of aromatic nitrogens is 2. The first-order valence-electron chi connectivity index (χ1n) is 5.48. The van der Waals surface area contributed by atoms with E-state index in [1.165, 1.54) is 22.9 Å². The first kappa shape index (κ1) is 12.7. The zero-order valence-corrected chi connectivity index (χ0v) is 10.1. The molecule has 0 aliphatic carbocycles. The van der Waals surface area contributed by atoms with Crippen molar-refractivity contribution in [2.75, 3.05) is 0 Å². The standard InChI is InChI=1S/C12H11N3O4/c1-8-13-6-11(12(16)17)14(8)7-9-3-2-4-10(5-9)15(18)19/h2-6H,7H2,1H3,(H,16,17). The third-order valence-corrected chi connectivity index (χ3v) is 2.74. The second kappa shape index (κ2) is 4.89. The van der Waals surface area contributed by atoms with Gasteiger partial charge in [0.1, 0.15) is 11.5 Å². The minimum Gasteiger partial charge on any atom is -0.477 e. The second-order valence-electron chi connectivity index (χ2n) is 4.01. The summed E-state index contributed by atoms with van der Waals surface area (Å²) in [5, 5.41) is 19.7. The van der Waals surface area contributed by atoms with Crippen LogP contribution in [0.15, 0.2) is 30.5 Å². The van der Waals surface area contributed by atoms with E-state index in [0.717, 1.165) is 0 Å². The highest BCUT2D eigenvalue weighted by molar-refractivity contribution is 5.85. The molecule has 0 saturated carbocycles. The fourth-order valence-corrected chi connectivity index (χ4v) is 1.79. The van der Waals surface area contributed by atoms with Crippen LogP contribution in [0.5, 0.6) is 0 Å². The van der Waals surface area contributed by atoms with Crippen molar-refractivity contribution >= 4 is 11.7 Å². The molecule has 0 radical (unpaired) electrons. The third kappa shape index (κ3) is 2.59. The lowest BCUT2D eigenvalue weighted by Gasteiger charge is -2.07. The van der Waals surface area contributed by atoms with E-state index >= 15 is 0 Å². The van der Waals surface area contributed by atoms with Crippen molar-refractivity contribution < 1.29 is 14.8 Å². The smallest absolute Gasteiger partial charge is 0.354 e. The van der Waals surface area contributed by atoms with Crippen molar-refractivity contribution in [2.24, 2.45) is 0 Å². The Bertz CT molecular complexity index is 648. The van der Waals surface area contributed by atoms with Gasteiger partial charge in [0.05, 0.1) is 11.1 Å². The van der Waals surface area contributed by atoms with E-state index in [2.05, 4.69) is 4.98 Å². The molecular weight excluding hydrogens is 250 g/mol. The van der Waals surface area contributed by atoms with E-state index in [0.29, 0.717) is 11.4 Å². The van der Waals surface area contributed by atoms with Crippen LogP contribution >= 0.6 is 0 Å². The molecule has 98 valence electrons. The molecule has 2 aromatic rings. The predicted molar refractivity (Wildman–Crippen MR) is 66.1 cm³/mol. The summed E-state index contributed by atoms with van der Waals surface area (Å²) in [5.74, 6) is -0.532. The average molecular weight is 261 g/mol. The third-order valence-electron chi connectivity index (χ3n) is 2.74. The number of aromatic carboxylic acids is 1. The molecule has 0 saturated heterocycles. The summed E-state index contributed by atoms with van der Waals surface area (Å²) in [7, 11) is 0. The fourth-order valence-electron chi connectivity index (χ4n) is 1.79. The van der Waals surface area contributed by atoms with E-state index < -0.39 is 10.9 Å². The van der Waals surface area contributed by atoms with Gasteiger partial charge in [-0.05, 0) is 12.5 Å². The van der Waals surface area contributed by atoms with Crippen LogP contribution in [0.4, 0.5) is 5.69 Å². The number of non-ortho nitro benzene ring substituents is 1. The number of aryl methyl sites for hydroxylation is 1. The normalized spacial score (nSPS) is 10.4. The van der Waals surface area contributed by atoms with Gasteiger partial charge in [0.15, 0.2) is 0 Å². The van der Waals surface area contributed by atoms with Crippen LogP contribution in [-0.2, 0) is 6.54 Å². The van der Waals surface area contributed by atoms with Crippen molar-refractivity contribution in [3.05, 3.63) is 57.7 Å². The molecule has 0 aliphatic heterocycles. The number of nitro benzene ring substituents is 1. The molecule has 0 atom stereocenters. The number of hydrogen-bond acceptors (Lipinski definition) is 4. The predicted octanol–water partition coefficient (Wildman–Crippen LogP) is 1.85. The molecule has 1 aromatic carbocycles. The lowest BCUT2D eigenvalue weighted by Crippen LogP contribution is -2.11. The monoisotopic (exact) mass is 261 g/mol. The summed E-state index contributed by atoms with van der Waals surface area (Å²) in [4.78, 5) is 25.2. The Morgan fingerprint density at radius 1 is 1.53 bits per heavy atom. The largest absolute Gasteiger partial charge is 0.477 e. The van der Waals surface area contributed by atoms with Gasteiger partial charge in [0, 0.05) is 18.7 Å². The Hall–Kier alpha value is -2.70. The summed E-state index contributed by atoms with van der Waals surface area (Å²) < 4.78 is 1.50. The summed E-state index contributed by atoms with van der Waals surface area (Å²) >= 11 is 0. The first-order chi connectivity index (χ1) is 8.99. The van der Waals surface area contributed by atoms with Crippen molar-refractivity contribution in [1.29, 1.82) is 0 Å². The van der Waals surface area contributed by atoms with E-state index in [1.54, 1.807) is 19.1 Å². The summed E-state index contributed by atoms with van der Waals surface area (Å²) in [6.07, 6.45) is 1.27. The van der Waals surface area contributed by atoms with Gasteiger partial charge in [0.25, 0.3) is 5.69 Å². The van der Waals surface area contributed by atoms with Crippen molar-refractivity contribution in [1.82, 2.24) is 9.55 Å². The molecule has 7 nitrogen and oxygen atoms in total. The van der Waals surface area contributed by atoms with E-state index in [9.17, 15) is 14.9 Å². The summed E-state index contributed by atoms with van der Waals surface area (Å²) in [5.41, 5.74) is 0.689. The zero-order chi connectivity index (χ0) is 14.0. The topological polar surface area (TPSA) is 98.3 Å². The number of carboxylic acid groups (broad SMARTS) is 1. The maximum Gasteiger partial charge on any atom is 0.354 e. The van der Waals surface area contributed by atoms with Gasteiger partial charge in [-0.2, -0.15) is 0 Å². The van der Waals surface area contributed by atoms with Gasteiger partial charge in [-0.1, -0.05) is 12.1 Å². The molecule has 0 spiro atoms. The number of nitro groups is 1. The Morgan fingerprint density at radius 2 is 2.26 bits per heavy atom. The zero-order valence-electron chi connectivity index (χ0n) is 10.1. The van der Waals surface area contributed by atoms with Crippen LogP contribution < -0.4 is 0 Å². The molecule has 0 amide bonds. The van der Waals surface area contributed by atoms with E-state index in [-0.39, 0.29) is 17.9 Å². The highest BCUT2D eigenvalue weighted by atomic mass is 16.6. The number of rotatable bonds is 4. The van der Waals surface area contributed by atoms with Gasteiger partial charge < -0.3 is 9.67 Å². The summed E-state index contributed by atoms with van der Waals surface area (Å²) in [6, 6.07) is 6.09. The first-order valence-corrected chi connectivity index (χ1v) is 5.48. The Kier molecular flexibility index (Phi) is 3.28. The van der Waals surface area contributed by atoms with Crippen LogP contribution in [0.25, 0.3) is 0 Å². The van der Waals surface area contributed by atoms with Crippen LogP contribution in [0.1, 0.15) is 21.9 Å². The molecule has 7 heteroatoms. The lowest BCUT2D eigenvalue weighted by molar-refractivity contribution is -0.384. The highest BCUT2D eigenvalue weighted by Crippen LogP contribution is 2.16. The maximum atomic E-state index is 11.0. The molecule has 1 heterocycles. The van der Waals surface area contributed by atoms with Crippen LogP contribution in [-0.4, -0.2) is 25.6 Å². The summed E-state index contributed by atoms with van der Waals surface area (Å²) in [6.45, 7) is 1.92. The number of hydrogen-bond donors (Lipinski definition) is 1. The van der Waals surface area contributed by atoms with Gasteiger partial charge in [-0.15, -0.1) is 0 Å². The number of nitrogens with zero attached hydrogens (tertiary/aromatic N) is 3. The Balaban J connectivity index is 2.36. The van der Waals surface area contributed by atoms with Crippen LogP contribution in [0.3, 0.4) is 0 Å². The highest BCUT2D eigenvalue weighted by Gasteiger charge is 2.14. The lowest BCUT2D eigenvalue weighted by atomic mass is 10.2. The molecule has 0 fully saturated rings. The van der Waals surface area contributed by atoms with Crippen molar-refractivity contribution in [2.45, 2.75) is 13.5 Å². The molecule has 1 N–H and O–H groups in total. The average Bonchev–Trinajstić information content (AvgIpc) is 2.71. The van der Waals surface area contributed by atoms with Crippen LogP contribution in [0, 0.1) is 17.0 Å². The van der Waals surface area contributed by atoms with Crippen molar-refractivity contribution in [3.63, 3.8) is 0 Å². The molecular formula is C12H11N3O4. The number of imidazole rings is 1. The van der Waals surface area contributed by atoms with Crippen LogP contribution in [0.2, 0.25) is 0 Å². The maximum absolute atomic E-state index is 11.0. The SMILES string of the molecule is Cc1ncc(C(=O)O)n1Cc1cccc([N+](=O)[O-])c1. The minimum atomic E-state index is -1.08. The number of benzene rings is 1. The molecule has 19 heavy (non-hydrogen) atoms. The molecule has 1 aromatic heterocycles. The van der Waals surface area contributed by atoms with Gasteiger partial charge >= 0.3 is 5.97 Å². The van der Waals surface area contributed by atoms with E-state index in [4.69, 9.17) is 5.11 Å². The fraction of sp³-hybridized carbons (Fsp3) is 0.167. The molecule has 0 unspecified atom stereocenters. The second-order valence-corrected chi connectivity index (χ2v) is 4.01. The van der Waals surface area contributed by atoms with Gasteiger partial charge in [0.2, 0.25) is 0 Å². The van der Waals surface area contributed by atoms with Gasteiger partial charge in [-0.3, -0.25) is 10.1 Å². The van der Waals surface area contributed by atoms with E-state index in [1.807, 2.05) is 0 Å². The number of carboxylic acids is 1. The Labute approximate surface area is 108 Å². The van der Waals surface area contributed by atoms with Crippen molar-refractivity contribution in [3.8, 4) is 0 Å².